The molecule has 0 amide bonds. The molecule has 10 nitrogen and oxygen atoms in total. The van der Waals surface area contributed by atoms with Crippen LogP contribution in [0.4, 0.5) is 0 Å². The van der Waals surface area contributed by atoms with Gasteiger partial charge in [-0.1, -0.05) is 41.6 Å². The van der Waals surface area contributed by atoms with Crippen molar-refractivity contribution in [3.8, 4) is 22.9 Å². The summed E-state index contributed by atoms with van der Waals surface area (Å²) in [6, 6.07) is 15.1. The lowest BCUT2D eigenvalue weighted by molar-refractivity contribution is -0.143. The molecular weight excluding hydrogens is 386 g/mol. The molecule has 152 valence electrons. The first-order valence-corrected chi connectivity index (χ1v) is 9.51. The van der Waals surface area contributed by atoms with Gasteiger partial charge < -0.3 is 9.26 Å². The Bertz CT molecular complexity index is 1080. The predicted octanol–water partition coefficient (Wildman–Crippen LogP) is 2.35. The van der Waals surface area contributed by atoms with Gasteiger partial charge in [0, 0.05) is 24.6 Å². The number of benzene rings is 1. The Hall–Kier alpha value is -3.95. The highest BCUT2D eigenvalue weighted by molar-refractivity contribution is 5.69. The van der Waals surface area contributed by atoms with Crippen molar-refractivity contribution in [2.75, 3.05) is 6.61 Å². The molecule has 0 atom stereocenters. The molecule has 0 saturated heterocycles. The van der Waals surface area contributed by atoms with Gasteiger partial charge in [-0.2, -0.15) is 9.78 Å². The standard InChI is InChI=1S/C20H19N7O3/c28-18(11-10-17-22-20(25-30-17)16-9-4-5-12-21-16)29-14-6-13-27-24-19(23-26-27)15-7-2-1-3-8-15/h1-5,7-9,12H,6,10-11,13-14H2. The normalized spacial score (nSPS) is 10.8. The van der Waals surface area contributed by atoms with E-state index in [-0.39, 0.29) is 19.0 Å². The Morgan fingerprint density at radius 2 is 1.93 bits per heavy atom. The summed E-state index contributed by atoms with van der Waals surface area (Å²) in [7, 11) is 0. The van der Waals surface area contributed by atoms with E-state index < -0.39 is 0 Å². The maximum absolute atomic E-state index is 11.9. The molecule has 0 radical (unpaired) electrons. The fraction of sp³-hybridized carbons (Fsp3) is 0.250. The zero-order chi connectivity index (χ0) is 20.6. The third-order valence-electron chi connectivity index (χ3n) is 4.16. The third-order valence-corrected chi connectivity index (χ3v) is 4.16. The average molecular weight is 405 g/mol. The summed E-state index contributed by atoms with van der Waals surface area (Å²) < 4.78 is 10.4. The van der Waals surface area contributed by atoms with Gasteiger partial charge in [0.2, 0.25) is 17.5 Å². The number of hydrogen-bond acceptors (Lipinski definition) is 9. The van der Waals surface area contributed by atoms with Crippen molar-refractivity contribution < 1.29 is 14.1 Å². The van der Waals surface area contributed by atoms with E-state index in [0.717, 1.165) is 5.56 Å². The largest absolute Gasteiger partial charge is 0.466 e. The molecule has 3 heterocycles. The van der Waals surface area contributed by atoms with E-state index in [4.69, 9.17) is 9.26 Å². The predicted molar refractivity (Wildman–Crippen MR) is 105 cm³/mol. The minimum absolute atomic E-state index is 0.156. The number of nitrogens with zero attached hydrogens (tertiary/aromatic N) is 7. The first-order chi connectivity index (χ1) is 14.8. The maximum atomic E-state index is 11.9. The molecule has 0 N–H and O–H groups in total. The molecule has 3 aromatic heterocycles. The van der Waals surface area contributed by atoms with Crippen LogP contribution in [0.15, 0.2) is 59.3 Å². The molecule has 0 aliphatic rings. The summed E-state index contributed by atoms with van der Waals surface area (Å²) in [5, 5.41) is 16.2. The van der Waals surface area contributed by atoms with Crippen molar-refractivity contribution in [3.05, 3.63) is 60.6 Å². The van der Waals surface area contributed by atoms with Crippen LogP contribution in [-0.4, -0.2) is 47.9 Å². The van der Waals surface area contributed by atoms with Crippen molar-refractivity contribution in [3.63, 3.8) is 0 Å². The zero-order valence-corrected chi connectivity index (χ0v) is 16.1. The fourth-order valence-electron chi connectivity index (χ4n) is 2.67. The molecule has 0 aliphatic carbocycles. The average Bonchev–Trinajstić information content (AvgIpc) is 3.46. The fourth-order valence-corrected chi connectivity index (χ4v) is 2.67. The van der Waals surface area contributed by atoms with Crippen molar-refractivity contribution in [1.82, 2.24) is 35.3 Å². The molecule has 0 spiro atoms. The van der Waals surface area contributed by atoms with Gasteiger partial charge in [-0.3, -0.25) is 9.78 Å². The number of hydrogen-bond donors (Lipinski definition) is 0. The highest BCUT2D eigenvalue weighted by Crippen LogP contribution is 2.13. The number of rotatable bonds is 9. The minimum atomic E-state index is -0.330. The highest BCUT2D eigenvalue weighted by atomic mass is 16.5. The highest BCUT2D eigenvalue weighted by Gasteiger charge is 2.12. The van der Waals surface area contributed by atoms with Gasteiger partial charge in [0.1, 0.15) is 5.69 Å². The van der Waals surface area contributed by atoms with Gasteiger partial charge in [-0.05, 0) is 17.3 Å². The third kappa shape index (κ3) is 5.10. The number of aryl methyl sites for hydroxylation is 2. The summed E-state index contributed by atoms with van der Waals surface area (Å²) in [5.74, 6) is 1.00. The van der Waals surface area contributed by atoms with E-state index >= 15 is 0 Å². The van der Waals surface area contributed by atoms with Crippen LogP contribution in [0.1, 0.15) is 18.7 Å². The van der Waals surface area contributed by atoms with Gasteiger partial charge in [-0.25, -0.2) is 0 Å². The Kier molecular flexibility index (Phi) is 6.13. The van der Waals surface area contributed by atoms with Crippen LogP contribution < -0.4 is 0 Å². The van der Waals surface area contributed by atoms with Gasteiger partial charge in [-0.15, -0.1) is 10.2 Å². The molecule has 30 heavy (non-hydrogen) atoms. The van der Waals surface area contributed by atoms with Crippen LogP contribution in [0.2, 0.25) is 0 Å². The molecule has 0 fully saturated rings. The minimum Gasteiger partial charge on any atom is -0.466 e. The maximum Gasteiger partial charge on any atom is 0.306 e. The first-order valence-electron chi connectivity index (χ1n) is 9.51. The van der Waals surface area contributed by atoms with E-state index in [1.54, 1.807) is 12.3 Å². The molecule has 0 bridgehead atoms. The zero-order valence-electron chi connectivity index (χ0n) is 16.1. The number of ether oxygens (including phenoxy) is 1. The summed E-state index contributed by atoms with van der Waals surface area (Å²) in [5.41, 5.74) is 1.52. The van der Waals surface area contributed by atoms with E-state index in [1.165, 1.54) is 4.80 Å². The summed E-state index contributed by atoms with van der Waals surface area (Å²) in [6.45, 7) is 0.772. The quantitative estimate of drug-likeness (QED) is 0.305. The molecule has 4 rings (SSSR count). The van der Waals surface area contributed by atoms with E-state index in [0.29, 0.717) is 42.6 Å². The lowest BCUT2D eigenvalue weighted by Gasteiger charge is -2.03. The van der Waals surface area contributed by atoms with Gasteiger partial charge in [0.25, 0.3) is 0 Å². The summed E-state index contributed by atoms with van der Waals surface area (Å²) in [4.78, 5) is 21.8. The number of esters is 1. The Morgan fingerprint density at radius 3 is 2.77 bits per heavy atom. The Morgan fingerprint density at radius 1 is 1.07 bits per heavy atom. The topological polar surface area (TPSA) is 122 Å². The Labute approximate surface area is 171 Å². The van der Waals surface area contributed by atoms with Crippen molar-refractivity contribution >= 4 is 5.97 Å². The monoisotopic (exact) mass is 405 g/mol. The number of tetrazole rings is 1. The van der Waals surface area contributed by atoms with Crippen molar-refractivity contribution in [2.24, 2.45) is 0 Å². The van der Waals surface area contributed by atoms with Crippen LogP contribution in [-0.2, 0) is 22.5 Å². The van der Waals surface area contributed by atoms with Crippen LogP contribution in [0.5, 0.6) is 0 Å². The van der Waals surface area contributed by atoms with Gasteiger partial charge >= 0.3 is 5.97 Å². The van der Waals surface area contributed by atoms with Crippen LogP contribution in [0.3, 0.4) is 0 Å². The van der Waals surface area contributed by atoms with E-state index in [2.05, 4.69) is 30.5 Å². The molecule has 10 heteroatoms. The van der Waals surface area contributed by atoms with Gasteiger partial charge in [0.15, 0.2) is 0 Å². The SMILES string of the molecule is O=C(CCc1nc(-c2ccccn2)no1)OCCCn1nnc(-c2ccccc2)n1. The molecule has 1 aromatic carbocycles. The molecule has 4 aromatic rings. The second kappa shape index (κ2) is 9.50. The number of pyridine rings is 1. The number of carbonyl (C=O) groups is 1. The van der Waals surface area contributed by atoms with Gasteiger partial charge in [0.05, 0.1) is 19.6 Å². The van der Waals surface area contributed by atoms with Crippen LogP contribution >= 0.6 is 0 Å². The van der Waals surface area contributed by atoms with Crippen molar-refractivity contribution in [2.45, 2.75) is 25.8 Å². The summed E-state index contributed by atoms with van der Waals surface area (Å²) >= 11 is 0. The lowest BCUT2D eigenvalue weighted by Crippen LogP contribution is -2.10. The first kappa shape index (κ1) is 19.4. The molecule has 0 unspecified atom stereocenters. The molecule has 0 saturated carbocycles. The number of carbonyl (C=O) groups excluding carboxylic acids is 1. The smallest absolute Gasteiger partial charge is 0.306 e. The van der Waals surface area contributed by atoms with Crippen LogP contribution in [0.25, 0.3) is 22.9 Å². The lowest BCUT2D eigenvalue weighted by atomic mass is 10.2. The van der Waals surface area contributed by atoms with E-state index in [1.807, 2.05) is 42.5 Å². The molecule has 0 aliphatic heterocycles. The van der Waals surface area contributed by atoms with E-state index in [9.17, 15) is 4.79 Å². The second-order valence-electron chi connectivity index (χ2n) is 6.38. The van der Waals surface area contributed by atoms with Crippen LogP contribution in [0, 0.1) is 0 Å². The second-order valence-corrected chi connectivity index (χ2v) is 6.38. The number of aromatic nitrogens is 7. The summed E-state index contributed by atoms with van der Waals surface area (Å²) in [6.07, 6.45) is 2.70. The Balaban J connectivity index is 1.16. The molecular formula is C20H19N7O3. The van der Waals surface area contributed by atoms with Crippen molar-refractivity contribution in [1.29, 1.82) is 0 Å².